The molecule has 25 heavy (non-hydrogen) atoms. The maximum absolute atomic E-state index is 11.9. The van der Waals surface area contributed by atoms with Crippen LogP contribution >= 0.6 is 22.6 Å². The molecule has 2 heterocycles. The van der Waals surface area contributed by atoms with Crippen molar-refractivity contribution in [2.75, 3.05) is 6.61 Å². The van der Waals surface area contributed by atoms with Gasteiger partial charge in [0, 0.05) is 12.6 Å². The highest BCUT2D eigenvalue weighted by molar-refractivity contribution is 14.1. The summed E-state index contributed by atoms with van der Waals surface area (Å²) in [7, 11) is -2.06. The smallest absolute Gasteiger partial charge is 0.330 e. The Labute approximate surface area is 160 Å². The van der Waals surface area contributed by atoms with Crippen LogP contribution in [0.25, 0.3) is 0 Å². The fourth-order valence-corrected chi connectivity index (χ4v) is 3.13. The molecule has 0 amide bonds. The van der Waals surface area contributed by atoms with Gasteiger partial charge in [-0.25, -0.2) is 9.68 Å². The molecule has 0 spiro atoms. The quantitative estimate of drug-likeness (QED) is 0.286. The Kier molecular flexibility index (Phi) is 6.32. The molecule has 1 aliphatic rings. The van der Waals surface area contributed by atoms with Gasteiger partial charge in [0.25, 0.3) is 5.56 Å². The van der Waals surface area contributed by atoms with Gasteiger partial charge in [0.1, 0.15) is 18.9 Å². The van der Waals surface area contributed by atoms with E-state index in [0.717, 1.165) is 0 Å². The SMILES string of the molecule is CC(C)(C)[Si](C)(C)OOCC1OC(n2cc(I)c(=O)[nH]c2=O)CC1O. The molecule has 0 bridgehead atoms. The predicted octanol–water partition coefficient (Wildman–Crippen LogP) is 1.74. The third-order valence-corrected chi connectivity index (χ3v) is 9.66. The van der Waals surface area contributed by atoms with Gasteiger partial charge in [-0.2, -0.15) is 0 Å². The topological polar surface area (TPSA) is 103 Å². The van der Waals surface area contributed by atoms with Crippen LogP contribution in [0.3, 0.4) is 0 Å². The van der Waals surface area contributed by atoms with Crippen LogP contribution in [0.1, 0.15) is 33.4 Å². The second kappa shape index (κ2) is 7.60. The molecular weight excluding hydrogens is 459 g/mol. The summed E-state index contributed by atoms with van der Waals surface area (Å²) >= 11 is 1.84. The zero-order valence-corrected chi connectivity index (χ0v) is 18.2. The highest BCUT2D eigenvalue weighted by Crippen LogP contribution is 2.37. The van der Waals surface area contributed by atoms with Crippen LogP contribution < -0.4 is 11.2 Å². The lowest BCUT2D eigenvalue weighted by molar-refractivity contribution is -0.245. The molecule has 3 atom stereocenters. The van der Waals surface area contributed by atoms with Crippen LogP contribution in [0.2, 0.25) is 18.1 Å². The van der Waals surface area contributed by atoms with E-state index in [4.69, 9.17) is 14.2 Å². The van der Waals surface area contributed by atoms with E-state index >= 15 is 0 Å². The number of halogens is 1. The first kappa shape index (κ1) is 20.8. The number of aromatic nitrogens is 2. The summed E-state index contributed by atoms with van der Waals surface area (Å²) in [5.74, 6) is 0. The third kappa shape index (κ3) is 4.80. The summed E-state index contributed by atoms with van der Waals surface area (Å²) in [5.41, 5.74) is -1.01. The first-order valence-corrected chi connectivity index (χ1v) is 12.1. The Morgan fingerprint density at radius 2 is 2.08 bits per heavy atom. The molecule has 8 nitrogen and oxygen atoms in total. The minimum Gasteiger partial charge on any atom is -0.390 e. The molecule has 2 N–H and O–H groups in total. The highest BCUT2D eigenvalue weighted by Gasteiger charge is 2.40. The Morgan fingerprint density at radius 3 is 2.68 bits per heavy atom. The van der Waals surface area contributed by atoms with Crippen molar-refractivity contribution in [2.24, 2.45) is 0 Å². The van der Waals surface area contributed by atoms with E-state index in [1.54, 1.807) is 0 Å². The van der Waals surface area contributed by atoms with Crippen LogP contribution in [-0.4, -0.2) is 41.8 Å². The van der Waals surface area contributed by atoms with Crippen molar-refractivity contribution in [3.05, 3.63) is 30.6 Å². The molecule has 1 fully saturated rings. The van der Waals surface area contributed by atoms with Crippen LogP contribution in [-0.2, 0) is 14.2 Å². The number of hydrogen-bond donors (Lipinski definition) is 2. The summed E-state index contributed by atoms with van der Waals surface area (Å²) in [6.45, 7) is 10.5. The molecule has 2 rings (SSSR count). The van der Waals surface area contributed by atoms with E-state index in [0.29, 0.717) is 3.57 Å². The number of nitrogens with zero attached hydrogens (tertiary/aromatic N) is 1. The van der Waals surface area contributed by atoms with Gasteiger partial charge >= 0.3 is 5.69 Å². The summed E-state index contributed by atoms with van der Waals surface area (Å²) in [4.78, 5) is 31.0. The Balaban J connectivity index is 1.99. The lowest BCUT2D eigenvalue weighted by Crippen LogP contribution is -2.41. The zero-order chi connectivity index (χ0) is 19.0. The van der Waals surface area contributed by atoms with E-state index in [9.17, 15) is 14.7 Å². The Bertz CT molecular complexity index is 726. The fourth-order valence-electron chi connectivity index (χ4n) is 2.08. The van der Waals surface area contributed by atoms with Crippen molar-refractivity contribution in [1.29, 1.82) is 0 Å². The molecule has 1 aliphatic heterocycles. The summed E-state index contributed by atoms with van der Waals surface area (Å²) < 4.78 is 13.0. The third-order valence-electron chi connectivity index (χ3n) is 4.74. The number of aliphatic hydroxyl groups excluding tert-OH is 1. The number of aliphatic hydroxyl groups is 1. The van der Waals surface area contributed by atoms with Crippen LogP contribution in [0.15, 0.2) is 15.8 Å². The van der Waals surface area contributed by atoms with E-state index in [-0.39, 0.29) is 18.1 Å². The second-order valence-corrected chi connectivity index (χ2v) is 13.6. The monoisotopic (exact) mass is 484 g/mol. The van der Waals surface area contributed by atoms with Crippen molar-refractivity contribution in [2.45, 2.75) is 63.8 Å². The van der Waals surface area contributed by atoms with E-state index in [1.807, 2.05) is 22.6 Å². The van der Waals surface area contributed by atoms with Gasteiger partial charge in [-0.1, -0.05) is 20.8 Å². The average molecular weight is 484 g/mol. The average Bonchev–Trinajstić information content (AvgIpc) is 2.82. The van der Waals surface area contributed by atoms with Gasteiger partial charge in [0.15, 0.2) is 0 Å². The maximum Gasteiger partial charge on any atom is 0.330 e. The molecular formula is C15H25IN2O6Si. The minimum absolute atomic E-state index is 0.00456. The molecule has 3 unspecified atom stereocenters. The molecule has 10 heteroatoms. The van der Waals surface area contributed by atoms with Crippen LogP contribution in [0.4, 0.5) is 0 Å². The zero-order valence-electron chi connectivity index (χ0n) is 15.0. The normalized spacial score (nSPS) is 24.7. The number of rotatable bonds is 5. The van der Waals surface area contributed by atoms with E-state index in [1.165, 1.54) is 10.8 Å². The van der Waals surface area contributed by atoms with Gasteiger partial charge < -0.3 is 9.84 Å². The van der Waals surface area contributed by atoms with E-state index in [2.05, 4.69) is 38.8 Å². The first-order valence-electron chi connectivity index (χ1n) is 8.07. The number of hydrogen-bond acceptors (Lipinski definition) is 6. The van der Waals surface area contributed by atoms with Crippen molar-refractivity contribution < 1.29 is 19.3 Å². The lowest BCUT2D eigenvalue weighted by atomic mass is 10.2. The van der Waals surface area contributed by atoms with Crippen molar-refractivity contribution >= 4 is 30.9 Å². The molecule has 0 aromatic carbocycles. The highest BCUT2D eigenvalue weighted by atomic mass is 127. The van der Waals surface area contributed by atoms with Gasteiger partial charge in [-0.15, -0.1) is 0 Å². The number of nitrogens with one attached hydrogen (secondary N) is 1. The minimum atomic E-state index is -2.06. The van der Waals surface area contributed by atoms with Crippen molar-refractivity contribution in [1.82, 2.24) is 9.55 Å². The van der Waals surface area contributed by atoms with Gasteiger partial charge in [-0.3, -0.25) is 18.9 Å². The fraction of sp³-hybridized carbons (Fsp3) is 0.733. The summed E-state index contributed by atoms with van der Waals surface area (Å²) in [5, 5.41) is 10.2. The Hall–Kier alpha value is -0.533. The van der Waals surface area contributed by atoms with Gasteiger partial charge in [0.05, 0.1) is 9.67 Å². The number of H-pyrrole nitrogens is 1. The standard InChI is InChI=1S/C15H25IN2O6Si/c1-15(2,3)25(4,5)24-22-8-11-10(19)6-12(23-11)18-7-9(16)13(20)17-14(18)21/h7,10-12,19H,6,8H2,1-5H3,(H,17,20,21). The number of ether oxygens (including phenoxy) is 1. The van der Waals surface area contributed by atoms with Crippen LogP contribution in [0, 0.1) is 3.57 Å². The molecule has 1 saturated heterocycles. The largest absolute Gasteiger partial charge is 0.390 e. The molecule has 1 aromatic heterocycles. The molecule has 0 radical (unpaired) electrons. The molecule has 0 saturated carbocycles. The van der Waals surface area contributed by atoms with Crippen LogP contribution in [0.5, 0.6) is 0 Å². The maximum atomic E-state index is 11.9. The predicted molar refractivity (Wildman–Crippen MR) is 103 cm³/mol. The Morgan fingerprint density at radius 1 is 1.44 bits per heavy atom. The molecule has 142 valence electrons. The van der Waals surface area contributed by atoms with Gasteiger partial charge in [-0.05, 0) is 40.7 Å². The van der Waals surface area contributed by atoms with Gasteiger partial charge in [0.2, 0.25) is 8.32 Å². The molecule has 1 aromatic rings. The van der Waals surface area contributed by atoms with E-state index < -0.39 is 38.0 Å². The summed E-state index contributed by atoms with van der Waals surface area (Å²) in [6, 6.07) is 0. The molecule has 0 aliphatic carbocycles. The van der Waals surface area contributed by atoms with Crippen molar-refractivity contribution in [3.8, 4) is 0 Å². The lowest BCUT2D eigenvalue weighted by Gasteiger charge is -2.34. The number of aromatic amines is 1. The first-order chi connectivity index (χ1) is 11.4. The van der Waals surface area contributed by atoms with Crippen molar-refractivity contribution in [3.63, 3.8) is 0 Å². The second-order valence-electron chi connectivity index (χ2n) is 7.70. The summed E-state index contributed by atoms with van der Waals surface area (Å²) in [6.07, 6.45) is -0.393.